The number of benzene rings is 2. The van der Waals surface area contributed by atoms with Gasteiger partial charge in [-0.25, -0.2) is 0 Å². The zero-order valence-electron chi connectivity index (χ0n) is 15.7. The van der Waals surface area contributed by atoms with Crippen LogP contribution in [0.2, 0.25) is 5.02 Å². The second-order valence-electron chi connectivity index (χ2n) is 6.89. The molecule has 1 atom stereocenters. The number of hydrogen-bond donors (Lipinski definition) is 2. The number of rotatable bonds is 4. The van der Waals surface area contributed by atoms with Gasteiger partial charge >= 0.3 is 0 Å². The molecule has 0 aliphatic carbocycles. The minimum Gasteiger partial charge on any atom is -0.508 e. The van der Waals surface area contributed by atoms with Crippen molar-refractivity contribution >= 4 is 29.1 Å². The topological polar surface area (TPSA) is 90.7 Å². The monoisotopic (exact) mass is 420 g/mol. The van der Waals surface area contributed by atoms with E-state index in [0.29, 0.717) is 16.1 Å². The Morgan fingerprint density at radius 2 is 1.87 bits per heavy atom. The first-order valence-corrected chi connectivity index (χ1v) is 9.55. The highest BCUT2D eigenvalue weighted by atomic mass is 35.5. The van der Waals surface area contributed by atoms with Gasteiger partial charge in [-0.15, -0.1) is 0 Å². The maximum atomic E-state index is 13.0. The molecule has 30 heavy (non-hydrogen) atoms. The summed E-state index contributed by atoms with van der Waals surface area (Å²) in [6.07, 6.45) is 3.22. The number of aromatic hydroxyl groups is 1. The molecule has 1 amide bonds. The number of ketones is 1. The van der Waals surface area contributed by atoms with Crippen LogP contribution in [0.4, 0.5) is 0 Å². The van der Waals surface area contributed by atoms with Crippen LogP contribution in [-0.2, 0) is 16.1 Å². The maximum Gasteiger partial charge on any atom is 0.295 e. The van der Waals surface area contributed by atoms with Gasteiger partial charge in [-0.1, -0.05) is 41.9 Å². The van der Waals surface area contributed by atoms with Gasteiger partial charge in [0.15, 0.2) is 0 Å². The standard InChI is InChI=1S/C23H17ClN2O4/c24-17-7-1-6-16(10-17)21(28)19-20(15-5-2-8-18(27)11-15)26(23(30)22(19)29)13-14-4-3-9-25-12-14/h1-12,20,27-28H,13H2/b21-19-. The molecular weight excluding hydrogens is 404 g/mol. The van der Waals surface area contributed by atoms with Crippen molar-refractivity contribution in [3.63, 3.8) is 0 Å². The van der Waals surface area contributed by atoms with Crippen LogP contribution < -0.4 is 0 Å². The summed E-state index contributed by atoms with van der Waals surface area (Å²) in [5, 5.41) is 21.3. The zero-order valence-corrected chi connectivity index (χ0v) is 16.5. The molecule has 1 aliphatic heterocycles. The number of pyridine rings is 1. The number of aliphatic hydroxyl groups excluding tert-OH is 1. The fourth-order valence-electron chi connectivity index (χ4n) is 3.56. The molecule has 1 aromatic heterocycles. The molecule has 150 valence electrons. The molecule has 1 aliphatic rings. The number of halogens is 1. The summed E-state index contributed by atoms with van der Waals surface area (Å²) in [5.74, 6) is -1.87. The molecule has 2 N–H and O–H groups in total. The lowest BCUT2D eigenvalue weighted by atomic mass is 9.95. The summed E-state index contributed by atoms with van der Waals surface area (Å²) in [6.45, 7) is 0.116. The molecule has 1 saturated heterocycles. The molecular formula is C23H17ClN2O4. The number of carbonyl (C=O) groups is 2. The summed E-state index contributed by atoms with van der Waals surface area (Å²) in [6, 6.07) is 15.3. The van der Waals surface area contributed by atoms with Crippen LogP contribution in [0.1, 0.15) is 22.7 Å². The number of hydrogen-bond acceptors (Lipinski definition) is 5. The van der Waals surface area contributed by atoms with Gasteiger partial charge in [0.05, 0.1) is 11.6 Å². The van der Waals surface area contributed by atoms with Crippen molar-refractivity contribution in [3.8, 4) is 5.75 Å². The van der Waals surface area contributed by atoms with Crippen LogP contribution in [0.25, 0.3) is 5.76 Å². The summed E-state index contributed by atoms with van der Waals surface area (Å²) >= 11 is 6.03. The van der Waals surface area contributed by atoms with Gasteiger partial charge < -0.3 is 15.1 Å². The predicted molar refractivity (Wildman–Crippen MR) is 112 cm³/mol. The normalized spacial score (nSPS) is 18.0. The van der Waals surface area contributed by atoms with E-state index < -0.39 is 17.7 Å². The van der Waals surface area contributed by atoms with Crippen molar-refractivity contribution in [2.45, 2.75) is 12.6 Å². The van der Waals surface area contributed by atoms with Crippen molar-refractivity contribution in [1.82, 2.24) is 9.88 Å². The van der Waals surface area contributed by atoms with Gasteiger partial charge in [0, 0.05) is 29.5 Å². The minimum atomic E-state index is -0.878. The van der Waals surface area contributed by atoms with Crippen LogP contribution in [0.3, 0.4) is 0 Å². The Hall–Kier alpha value is -3.64. The molecule has 0 spiro atoms. The third-order valence-electron chi connectivity index (χ3n) is 4.90. The average Bonchev–Trinajstić information content (AvgIpc) is 2.99. The summed E-state index contributed by atoms with van der Waals surface area (Å²) in [7, 11) is 0. The molecule has 1 unspecified atom stereocenters. The molecule has 0 bridgehead atoms. The highest BCUT2D eigenvalue weighted by Crippen LogP contribution is 2.41. The lowest BCUT2D eigenvalue weighted by Crippen LogP contribution is -2.29. The summed E-state index contributed by atoms with van der Waals surface area (Å²) in [5.41, 5.74) is 1.50. The number of amides is 1. The van der Waals surface area contributed by atoms with Gasteiger partial charge in [0.1, 0.15) is 11.5 Å². The van der Waals surface area contributed by atoms with E-state index in [2.05, 4.69) is 4.98 Å². The fraction of sp³-hybridized carbons (Fsp3) is 0.0870. The number of phenols is 1. The van der Waals surface area contributed by atoms with Crippen molar-refractivity contribution < 1.29 is 19.8 Å². The number of phenolic OH excluding ortho intramolecular Hbond substituents is 1. The van der Waals surface area contributed by atoms with E-state index in [4.69, 9.17) is 11.6 Å². The molecule has 7 heteroatoms. The second kappa shape index (κ2) is 8.00. The van der Waals surface area contributed by atoms with Crippen molar-refractivity contribution in [2.75, 3.05) is 0 Å². The van der Waals surface area contributed by atoms with E-state index in [-0.39, 0.29) is 23.6 Å². The molecule has 3 aromatic rings. The molecule has 0 radical (unpaired) electrons. The highest BCUT2D eigenvalue weighted by molar-refractivity contribution is 6.46. The van der Waals surface area contributed by atoms with E-state index in [9.17, 15) is 19.8 Å². The predicted octanol–water partition coefficient (Wildman–Crippen LogP) is 4.06. The van der Waals surface area contributed by atoms with Crippen LogP contribution >= 0.6 is 11.6 Å². The van der Waals surface area contributed by atoms with Crippen molar-refractivity contribution in [3.05, 3.63) is 100 Å². The Morgan fingerprint density at radius 3 is 2.57 bits per heavy atom. The maximum absolute atomic E-state index is 13.0. The lowest BCUT2D eigenvalue weighted by Gasteiger charge is -2.25. The zero-order chi connectivity index (χ0) is 21.3. The number of nitrogens with zero attached hydrogens (tertiary/aromatic N) is 2. The molecule has 0 saturated carbocycles. The fourth-order valence-corrected chi connectivity index (χ4v) is 3.75. The SMILES string of the molecule is O=C1C(=O)N(Cc2cccnc2)C(c2cccc(O)c2)/C1=C(/O)c1cccc(Cl)c1. The van der Waals surface area contributed by atoms with E-state index in [1.54, 1.807) is 54.9 Å². The second-order valence-corrected chi connectivity index (χ2v) is 7.33. The van der Waals surface area contributed by atoms with E-state index in [0.717, 1.165) is 5.56 Å². The first-order valence-electron chi connectivity index (χ1n) is 9.18. The minimum absolute atomic E-state index is 0.0118. The quantitative estimate of drug-likeness (QED) is 0.377. The first kappa shape index (κ1) is 19.7. The highest BCUT2D eigenvalue weighted by Gasteiger charge is 2.46. The van der Waals surface area contributed by atoms with E-state index in [1.165, 1.54) is 23.1 Å². The number of aliphatic hydroxyl groups is 1. The van der Waals surface area contributed by atoms with E-state index in [1.807, 2.05) is 0 Å². The summed E-state index contributed by atoms with van der Waals surface area (Å²) < 4.78 is 0. The van der Waals surface area contributed by atoms with Crippen molar-refractivity contribution in [2.24, 2.45) is 0 Å². The Kier molecular flexibility index (Phi) is 5.25. The van der Waals surface area contributed by atoms with Crippen LogP contribution in [0.5, 0.6) is 5.75 Å². The largest absolute Gasteiger partial charge is 0.508 e. The smallest absolute Gasteiger partial charge is 0.295 e. The first-order chi connectivity index (χ1) is 14.5. The van der Waals surface area contributed by atoms with Crippen LogP contribution in [0.15, 0.2) is 78.6 Å². The number of aromatic nitrogens is 1. The Bertz CT molecular complexity index is 1160. The van der Waals surface area contributed by atoms with E-state index >= 15 is 0 Å². The molecule has 2 aromatic carbocycles. The van der Waals surface area contributed by atoms with Gasteiger partial charge in [-0.3, -0.25) is 14.6 Å². The lowest BCUT2D eigenvalue weighted by molar-refractivity contribution is -0.140. The molecule has 4 rings (SSSR count). The van der Waals surface area contributed by atoms with Crippen LogP contribution in [0, 0.1) is 0 Å². The Balaban J connectivity index is 1.88. The Morgan fingerprint density at radius 1 is 1.07 bits per heavy atom. The average molecular weight is 421 g/mol. The van der Waals surface area contributed by atoms with Gasteiger partial charge in [0.2, 0.25) is 0 Å². The van der Waals surface area contributed by atoms with Gasteiger partial charge in [0.25, 0.3) is 11.7 Å². The number of Topliss-reactive ketones (excluding diaryl/α,β-unsaturated/α-hetero) is 1. The van der Waals surface area contributed by atoms with Gasteiger partial charge in [-0.2, -0.15) is 0 Å². The van der Waals surface area contributed by atoms with Crippen molar-refractivity contribution in [1.29, 1.82) is 0 Å². The number of likely N-dealkylation sites (tertiary alicyclic amines) is 1. The Labute approximate surface area is 177 Å². The molecule has 6 nitrogen and oxygen atoms in total. The molecule has 1 fully saturated rings. The van der Waals surface area contributed by atoms with Crippen LogP contribution in [-0.4, -0.2) is 31.8 Å². The summed E-state index contributed by atoms with van der Waals surface area (Å²) in [4.78, 5) is 31.3. The molecule has 2 heterocycles. The third-order valence-corrected chi connectivity index (χ3v) is 5.13. The third kappa shape index (κ3) is 3.65. The number of carbonyl (C=O) groups excluding carboxylic acids is 2. The van der Waals surface area contributed by atoms with Gasteiger partial charge in [-0.05, 0) is 41.5 Å².